The first-order chi connectivity index (χ1) is 21.4. The number of carbonyl (C=O) groups is 1. The van der Waals surface area contributed by atoms with Gasteiger partial charge >= 0.3 is 0 Å². The highest BCUT2D eigenvalue weighted by molar-refractivity contribution is 8.03. The lowest BCUT2D eigenvalue weighted by molar-refractivity contribution is 0.102. The van der Waals surface area contributed by atoms with Crippen LogP contribution in [0, 0.1) is 6.92 Å². The number of aryl methyl sites for hydroxylation is 2. The lowest BCUT2D eigenvalue weighted by atomic mass is 10.1. The quantitative estimate of drug-likeness (QED) is 0.260. The van der Waals surface area contributed by atoms with Crippen molar-refractivity contribution in [3.8, 4) is 0 Å². The second kappa shape index (κ2) is 12.1. The molecule has 228 valence electrons. The number of anilines is 3. The van der Waals surface area contributed by atoms with E-state index in [1.54, 1.807) is 16.3 Å². The van der Waals surface area contributed by atoms with Gasteiger partial charge < -0.3 is 29.0 Å². The first-order valence-electron chi connectivity index (χ1n) is 15.5. The molecule has 1 aliphatic carbocycles. The molecule has 0 unspecified atom stereocenters. The number of nitrogens with one attached hydrogen (secondary N) is 1. The van der Waals surface area contributed by atoms with Crippen molar-refractivity contribution in [1.29, 1.82) is 0 Å². The minimum atomic E-state index is -0.334. The van der Waals surface area contributed by atoms with Crippen molar-refractivity contribution in [2.24, 2.45) is 0 Å². The number of piperazine rings is 1. The Labute approximate surface area is 261 Å². The van der Waals surface area contributed by atoms with E-state index in [-0.39, 0.29) is 17.2 Å². The molecule has 2 aromatic carbocycles. The predicted octanol–water partition coefficient (Wildman–Crippen LogP) is 5.66. The Bertz CT molecular complexity index is 1770. The van der Waals surface area contributed by atoms with Crippen molar-refractivity contribution in [3.05, 3.63) is 94.0 Å². The number of para-hydroxylation sites is 1. The zero-order valence-corrected chi connectivity index (χ0v) is 25.9. The maximum absolute atomic E-state index is 13.7. The molecule has 1 saturated carbocycles. The van der Waals surface area contributed by atoms with Crippen LogP contribution in [0.3, 0.4) is 0 Å². The van der Waals surface area contributed by atoms with E-state index in [0.717, 1.165) is 80.4 Å². The lowest BCUT2D eigenvalue weighted by Gasteiger charge is -2.38. The molecular weight excluding hydrogens is 572 g/mol. The van der Waals surface area contributed by atoms with Crippen molar-refractivity contribution in [2.75, 3.05) is 60.1 Å². The minimum Gasteiger partial charge on any atom is -0.448 e. The van der Waals surface area contributed by atoms with Crippen LogP contribution in [0.4, 0.5) is 17.1 Å². The summed E-state index contributed by atoms with van der Waals surface area (Å²) in [6, 6.07) is 14.4. The Kier molecular flexibility index (Phi) is 7.84. The molecule has 10 heteroatoms. The molecule has 2 aliphatic heterocycles. The number of benzene rings is 2. The van der Waals surface area contributed by atoms with E-state index in [1.165, 1.54) is 17.5 Å². The van der Waals surface area contributed by atoms with Gasteiger partial charge in [0.15, 0.2) is 11.6 Å². The molecule has 0 atom stereocenters. The van der Waals surface area contributed by atoms with Gasteiger partial charge in [-0.1, -0.05) is 24.8 Å². The molecule has 0 radical (unpaired) electrons. The van der Waals surface area contributed by atoms with Crippen LogP contribution in [-0.4, -0.2) is 65.4 Å². The zero-order valence-electron chi connectivity index (χ0n) is 25.1. The Morgan fingerprint density at radius 1 is 1.05 bits per heavy atom. The topological polar surface area (TPSA) is 86.8 Å². The molecule has 1 N–H and O–H groups in total. The normalized spacial score (nSPS) is 17.1. The second-order valence-electron chi connectivity index (χ2n) is 11.9. The Morgan fingerprint density at radius 2 is 1.82 bits per heavy atom. The van der Waals surface area contributed by atoms with E-state index in [2.05, 4.69) is 62.8 Å². The summed E-state index contributed by atoms with van der Waals surface area (Å²) in [5, 5.41) is 5.65. The number of rotatable bonds is 9. The maximum atomic E-state index is 13.7. The summed E-state index contributed by atoms with van der Waals surface area (Å²) >= 11 is 1.79. The van der Waals surface area contributed by atoms with Crippen LogP contribution in [0.5, 0.6) is 0 Å². The standard InChI is InChI=1S/C34H38N6O3S/c1-23-6-3-4-7-30(23)38-14-16-39(17-15-38)31-20-26-10-13-40(12-5-11-37-18-19-44-24(37)2)34(42)27(26)21-28(31)35-32(41)29-22-43-33(36-29)25-8-9-25/h3-4,6-7,10,13,20-22,25H,2,5,8-9,11-12,14-19H2,1H3,(H,35,41). The van der Waals surface area contributed by atoms with Gasteiger partial charge in [-0.05, 0) is 61.4 Å². The van der Waals surface area contributed by atoms with Crippen molar-refractivity contribution >= 4 is 45.5 Å². The molecule has 0 bridgehead atoms. The molecule has 7 rings (SSSR count). The third kappa shape index (κ3) is 5.83. The van der Waals surface area contributed by atoms with Gasteiger partial charge in [0, 0.05) is 74.8 Å². The molecule has 3 aliphatic rings. The van der Waals surface area contributed by atoms with Crippen LogP contribution < -0.4 is 20.7 Å². The number of pyridine rings is 1. The zero-order chi connectivity index (χ0) is 30.2. The Morgan fingerprint density at radius 3 is 2.55 bits per heavy atom. The summed E-state index contributed by atoms with van der Waals surface area (Å²) in [5.41, 5.74) is 4.24. The van der Waals surface area contributed by atoms with Crippen molar-refractivity contribution in [2.45, 2.75) is 38.6 Å². The number of amides is 1. The molecule has 4 heterocycles. The molecule has 2 aromatic heterocycles. The summed E-state index contributed by atoms with van der Waals surface area (Å²) in [4.78, 5) is 38.6. The van der Waals surface area contributed by atoms with E-state index >= 15 is 0 Å². The summed E-state index contributed by atoms with van der Waals surface area (Å²) < 4.78 is 7.37. The average molecular weight is 611 g/mol. The summed E-state index contributed by atoms with van der Waals surface area (Å²) in [6.07, 6.45) is 6.27. The van der Waals surface area contributed by atoms with Gasteiger partial charge in [-0.3, -0.25) is 9.59 Å². The van der Waals surface area contributed by atoms with Gasteiger partial charge in [0.1, 0.15) is 6.26 Å². The van der Waals surface area contributed by atoms with Crippen LogP contribution in [0.2, 0.25) is 0 Å². The van der Waals surface area contributed by atoms with Crippen molar-refractivity contribution in [3.63, 3.8) is 0 Å². The van der Waals surface area contributed by atoms with Crippen LogP contribution in [0.25, 0.3) is 10.8 Å². The second-order valence-corrected chi connectivity index (χ2v) is 13.1. The highest BCUT2D eigenvalue weighted by atomic mass is 32.2. The number of fused-ring (bicyclic) bond motifs is 1. The number of aromatic nitrogens is 2. The van der Waals surface area contributed by atoms with Gasteiger partial charge in [-0.2, -0.15) is 0 Å². The van der Waals surface area contributed by atoms with E-state index in [9.17, 15) is 9.59 Å². The number of hydrogen-bond acceptors (Lipinski definition) is 8. The summed E-state index contributed by atoms with van der Waals surface area (Å²) in [6.45, 7) is 12.1. The summed E-state index contributed by atoms with van der Waals surface area (Å²) in [7, 11) is 0. The average Bonchev–Trinajstić information content (AvgIpc) is 3.62. The molecule has 2 saturated heterocycles. The fourth-order valence-corrected chi connectivity index (χ4v) is 7.13. The van der Waals surface area contributed by atoms with Gasteiger partial charge in [-0.15, -0.1) is 11.8 Å². The third-order valence-corrected chi connectivity index (χ3v) is 9.89. The molecule has 9 nitrogen and oxygen atoms in total. The first kappa shape index (κ1) is 28.6. The molecule has 44 heavy (non-hydrogen) atoms. The van der Waals surface area contributed by atoms with Gasteiger partial charge in [-0.25, -0.2) is 4.98 Å². The fraction of sp³-hybridized carbons (Fsp3) is 0.382. The molecule has 3 fully saturated rings. The van der Waals surface area contributed by atoms with E-state index < -0.39 is 0 Å². The highest BCUT2D eigenvalue weighted by Crippen LogP contribution is 2.39. The van der Waals surface area contributed by atoms with Gasteiger partial charge in [0.2, 0.25) is 0 Å². The van der Waals surface area contributed by atoms with Crippen molar-refractivity contribution in [1.82, 2.24) is 14.5 Å². The third-order valence-electron chi connectivity index (χ3n) is 8.91. The smallest absolute Gasteiger partial charge is 0.277 e. The molecular formula is C34H38N6O3S. The number of nitrogens with zero attached hydrogens (tertiary/aromatic N) is 5. The molecule has 4 aromatic rings. The number of oxazole rings is 1. The van der Waals surface area contributed by atoms with Crippen LogP contribution >= 0.6 is 11.8 Å². The number of thioether (sulfide) groups is 1. The predicted molar refractivity (Wildman–Crippen MR) is 178 cm³/mol. The van der Waals surface area contributed by atoms with Crippen LogP contribution in [0.15, 0.2) is 75.7 Å². The Hall–Kier alpha value is -4.18. The highest BCUT2D eigenvalue weighted by Gasteiger charge is 2.30. The number of hydrogen-bond donors (Lipinski definition) is 1. The fourth-order valence-electron chi connectivity index (χ4n) is 6.22. The largest absolute Gasteiger partial charge is 0.448 e. The Balaban J connectivity index is 1.16. The van der Waals surface area contributed by atoms with E-state index in [4.69, 9.17) is 4.42 Å². The number of carbonyl (C=O) groups excluding carboxylic acids is 1. The molecule has 0 spiro atoms. The monoisotopic (exact) mass is 610 g/mol. The molecule has 1 amide bonds. The van der Waals surface area contributed by atoms with Crippen LogP contribution in [0.1, 0.15) is 47.1 Å². The van der Waals surface area contributed by atoms with Crippen molar-refractivity contribution < 1.29 is 9.21 Å². The SMILES string of the molecule is C=C1SCCN1CCCn1ccc2cc(N3CCN(c4ccccc4C)CC3)c(NC(=O)c3coc(C4CC4)n3)cc2c1=O. The van der Waals surface area contributed by atoms with E-state index in [1.807, 2.05) is 24.4 Å². The first-order valence-corrected chi connectivity index (χ1v) is 16.5. The van der Waals surface area contributed by atoms with E-state index in [0.29, 0.717) is 29.4 Å². The lowest BCUT2D eigenvalue weighted by Crippen LogP contribution is -2.47. The maximum Gasteiger partial charge on any atom is 0.277 e. The van der Waals surface area contributed by atoms with Gasteiger partial charge in [0.25, 0.3) is 11.5 Å². The van der Waals surface area contributed by atoms with Gasteiger partial charge in [0.05, 0.1) is 16.4 Å². The summed E-state index contributed by atoms with van der Waals surface area (Å²) in [5.74, 6) is 1.68. The minimum absolute atomic E-state index is 0.0546. The van der Waals surface area contributed by atoms with Crippen LogP contribution in [-0.2, 0) is 6.54 Å².